The van der Waals surface area contributed by atoms with E-state index in [-0.39, 0.29) is 17.9 Å². The van der Waals surface area contributed by atoms with Crippen molar-refractivity contribution in [3.05, 3.63) is 34.9 Å². The number of hydrogen-bond donors (Lipinski definition) is 0. The maximum atomic E-state index is 11.8. The SMILES string of the molecule is CC(=O)CC/C=C(\C)C[C@@H]1C=C(CCC=C(C)C)C(=O)O1. The van der Waals surface area contributed by atoms with Gasteiger partial charge in [0, 0.05) is 18.4 Å². The summed E-state index contributed by atoms with van der Waals surface area (Å²) in [5, 5.41) is 0. The predicted octanol–water partition coefficient (Wildman–Crippen LogP) is 4.29. The Kier molecular flexibility index (Phi) is 7.13. The van der Waals surface area contributed by atoms with Gasteiger partial charge in [0.1, 0.15) is 11.9 Å². The van der Waals surface area contributed by atoms with Crippen molar-refractivity contribution in [2.45, 2.75) is 65.9 Å². The molecule has 0 radical (unpaired) electrons. The molecule has 0 N–H and O–H groups in total. The Morgan fingerprint density at radius 3 is 2.52 bits per heavy atom. The molecule has 0 spiro atoms. The summed E-state index contributed by atoms with van der Waals surface area (Å²) in [6, 6.07) is 0. The third-order valence-electron chi connectivity index (χ3n) is 3.39. The molecule has 3 nitrogen and oxygen atoms in total. The van der Waals surface area contributed by atoms with Crippen LogP contribution >= 0.6 is 0 Å². The minimum absolute atomic E-state index is 0.146. The zero-order chi connectivity index (χ0) is 15.8. The van der Waals surface area contributed by atoms with Crippen LogP contribution in [0.5, 0.6) is 0 Å². The molecule has 1 heterocycles. The molecule has 1 rings (SSSR count). The molecule has 0 aromatic heterocycles. The second-order valence-electron chi connectivity index (χ2n) is 5.95. The molecule has 21 heavy (non-hydrogen) atoms. The molecule has 3 heteroatoms. The van der Waals surface area contributed by atoms with Crippen molar-refractivity contribution in [2.24, 2.45) is 0 Å². The van der Waals surface area contributed by atoms with Gasteiger partial charge in [0.2, 0.25) is 0 Å². The van der Waals surface area contributed by atoms with Crippen LogP contribution in [0.4, 0.5) is 0 Å². The Hall–Kier alpha value is -1.64. The van der Waals surface area contributed by atoms with Gasteiger partial charge in [-0.2, -0.15) is 0 Å². The van der Waals surface area contributed by atoms with E-state index in [1.165, 1.54) is 5.57 Å². The van der Waals surface area contributed by atoms with Crippen LogP contribution in [0.1, 0.15) is 59.8 Å². The van der Waals surface area contributed by atoms with Gasteiger partial charge in [-0.15, -0.1) is 0 Å². The standard InChI is InChI=1S/C18H26O3/c1-13(2)7-5-10-16-12-17(21-18(16)20)11-14(3)8-6-9-15(4)19/h7-8,12,17H,5-6,9-11H2,1-4H3/b14-8+/t17-/m1/s1. The molecular weight excluding hydrogens is 264 g/mol. The number of rotatable bonds is 8. The van der Waals surface area contributed by atoms with Crippen LogP contribution in [0.25, 0.3) is 0 Å². The summed E-state index contributed by atoms with van der Waals surface area (Å²) in [4.78, 5) is 22.7. The summed E-state index contributed by atoms with van der Waals surface area (Å²) >= 11 is 0. The maximum absolute atomic E-state index is 11.8. The minimum Gasteiger partial charge on any atom is -0.454 e. The number of hydrogen-bond acceptors (Lipinski definition) is 3. The Labute approximate surface area is 127 Å². The number of carbonyl (C=O) groups is 2. The van der Waals surface area contributed by atoms with Gasteiger partial charge >= 0.3 is 5.97 Å². The Morgan fingerprint density at radius 1 is 1.19 bits per heavy atom. The average molecular weight is 290 g/mol. The molecule has 0 saturated heterocycles. The third-order valence-corrected chi connectivity index (χ3v) is 3.39. The van der Waals surface area contributed by atoms with Gasteiger partial charge in [0.25, 0.3) is 0 Å². The number of carbonyl (C=O) groups excluding carboxylic acids is 2. The van der Waals surface area contributed by atoms with E-state index in [0.717, 1.165) is 36.8 Å². The molecule has 1 aliphatic rings. The van der Waals surface area contributed by atoms with Crippen LogP contribution in [0.2, 0.25) is 0 Å². The first-order valence-electron chi connectivity index (χ1n) is 7.58. The zero-order valence-electron chi connectivity index (χ0n) is 13.6. The first-order valence-corrected chi connectivity index (χ1v) is 7.58. The summed E-state index contributed by atoms with van der Waals surface area (Å²) in [7, 11) is 0. The van der Waals surface area contributed by atoms with E-state index in [4.69, 9.17) is 4.74 Å². The highest BCUT2D eigenvalue weighted by Crippen LogP contribution is 2.23. The highest BCUT2D eigenvalue weighted by Gasteiger charge is 2.24. The number of ketones is 1. The van der Waals surface area contributed by atoms with Gasteiger partial charge in [0.15, 0.2) is 0 Å². The highest BCUT2D eigenvalue weighted by atomic mass is 16.5. The molecule has 116 valence electrons. The van der Waals surface area contributed by atoms with Crippen molar-refractivity contribution in [1.29, 1.82) is 0 Å². The van der Waals surface area contributed by atoms with E-state index in [0.29, 0.717) is 6.42 Å². The zero-order valence-corrected chi connectivity index (χ0v) is 13.6. The smallest absolute Gasteiger partial charge is 0.334 e. The molecule has 1 aliphatic heterocycles. The Bertz CT molecular complexity index is 477. The number of cyclic esters (lactones) is 1. The van der Waals surface area contributed by atoms with Gasteiger partial charge in [-0.05, 0) is 53.0 Å². The molecule has 0 saturated carbocycles. The fourth-order valence-corrected chi connectivity index (χ4v) is 2.26. The molecule has 0 aliphatic carbocycles. The number of Topliss-reactive ketones (excluding diaryl/α,β-unsaturated/α-hetero) is 1. The van der Waals surface area contributed by atoms with Crippen molar-refractivity contribution >= 4 is 11.8 Å². The van der Waals surface area contributed by atoms with E-state index in [1.54, 1.807) is 6.92 Å². The molecule has 0 fully saturated rings. The predicted molar refractivity (Wildman–Crippen MR) is 84.9 cm³/mol. The lowest BCUT2D eigenvalue weighted by Crippen LogP contribution is -2.08. The maximum Gasteiger partial charge on any atom is 0.334 e. The number of ether oxygens (including phenoxy) is 1. The summed E-state index contributed by atoms with van der Waals surface area (Å²) in [6.07, 6.45) is 9.67. The second kappa shape index (κ2) is 8.60. The van der Waals surface area contributed by atoms with Crippen molar-refractivity contribution in [3.63, 3.8) is 0 Å². The Balaban J connectivity index is 2.46. The van der Waals surface area contributed by atoms with Crippen molar-refractivity contribution in [2.75, 3.05) is 0 Å². The van der Waals surface area contributed by atoms with Gasteiger partial charge in [-0.3, -0.25) is 0 Å². The quantitative estimate of drug-likeness (QED) is 0.495. The monoisotopic (exact) mass is 290 g/mol. The normalized spacial score (nSPS) is 18.3. The Morgan fingerprint density at radius 2 is 1.90 bits per heavy atom. The summed E-state index contributed by atoms with van der Waals surface area (Å²) < 4.78 is 5.37. The number of allylic oxidation sites excluding steroid dienone is 3. The minimum atomic E-state index is -0.182. The van der Waals surface area contributed by atoms with Gasteiger partial charge < -0.3 is 9.53 Å². The molecule has 0 unspecified atom stereocenters. The lowest BCUT2D eigenvalue weighted by Gasteiger charge is -2.08. The van der Waals surface area contributed by atoms with E-state index >= 15 is 0 Å². The van der Waals surface area contributed by atoms with Crippen LogP contribution in [0.15, 0.2) is 34.9 Å². The summed E-state index contributed by atoms with van der Waals surface area (Å²) in [5.74, 6) is 0.0199. The van der Waals surface area contributed by atoms with Crippen LogP contribution in [0.3, 0.4) is 0 Å². The highest BCUT2D eigenvalue weighted by molar-refractivity contribution is 5.90. The van der Waals surface area contributed by atoms with E-state index < -0.39 is 0 Å². The van der Waals surface area contributed by atoms with Crippen molar-refractivity contribution in [3.8, 4) is 0 Å². The molecule has 0 aromatic carbocycles. The fraction of sp³-hybridized carbons (Fsp3) is 0.556. The topological polar surface area (TPSA) is 43.4 Å². The second-order valence-corrected chi connectivity index (χ2v) is 5.95. The molecule has 0 bridgehead atoms. The van der Waals surface area contributed by atoms with Crippen LogP contribution < -0.4 is 0 Å². The third kappa shape index (κ3) is 7.07. The van der Waals surface area contributed by atoms with Gasteiger partial charge in [-0.25, -0.2) is 4.79 Å². The van der Waals surface area contributed by atoms with Crippen LogP contribution in [0, 0.1) is 0 Å². The largest absolute Gasteiger partial charge is 0.454 e. The van der Waals surface area contributed by atoms with Crippen LogP contribution in [-0.2, 0) is 14.3 Å². The molecule has 1 atom stereocenters. The molecular formula is C18H26O3. The lowest BCUT2D eigenvalue weighted by molar-refractivity contribution is -0.139. The van der Waals surface area contributed by atoms with E-state index in [9.17, 15) is 9.59 Å². The van der Waals surface area contributed by atoms with Crippen LogP contribution in [-0.4, -0.2) is 17.9 Å². The molecule has 0 aromatic rings. The first kappa shape index (κ1) is 17.4. The van der Waals surface area contributed by atoms with Gasteiger partial charge in [-0.1, -0.05) is 23.3 Å². The number of esters is 1. The molecule has 0 amide bonds. The van der Waals surface area contributed by atoms with Gasteiger partial charge in [0.05, 0.1) is 0 Å². The lowest BCUT2D eigenvalue weighted by atomic mass is 10.0. The van der Waals surface area contributed by atoms with Crippen molar-refractivity contribution < 1.29 is 14.3 Å². The summed E-state index contributed by atoms with van der Waals surface area (Å²) in [5.41, 5.74) is 3.22. The van der Waals surface area contributed by atoms with Crippen molar-refractivity contribution in [1.82, 2.24) is 0 Å². The fourth-order valence-electron chi connectivity index (χ4n) is 2.26. The summed E-state index contributed by atoms with van der Waals surface area (Å²) in [6.45, 7) is 7.73. The van der Waals surface area contributed by atoms with E-state index in [1.807, 2.05) is 13.0 Å². The first-order chi connectivity index (χ1) is 9.88. The van der Waals surface area contributed by atoms with E-state index in [2.05, 4.69) is 26.0 Å². The average Bonchev–Trinajstić information content (AvgIpc) is 2.68.